The minimum Gasteiger partial charge on any atom is -0.353 e. The van der Waals surface area contributed by atoms with Gasteiger partial charge in [-0.25, -0.2) is 9.97 Å². The molecule has 0 fully saturated rings. The van der Waals surface area contributed by atoms with Gasteiger partial charge in [0.15, 0.2) is 5.16 Å². The third kappa shape index (κ3) is 5.06. The molecule has 1 N–H and O–H groups in total. The summed E-state index contributed by atoms with van der Waals surface area (Å²) in [5.41, 5.74) is -1.01. The van der Waals surface area contributed by atoms with E-state index in [4.69, 9.17) is 0 Å². The van der Waals surface area contributed by atoms with Crippen molar-refractivity contribution in [2.75, 3.05) is 0 Å². The largest absolute Gasteiger partial charge is 0.433 e. The highest BCUT2D eigenvalue weighted by molar-refractivity contribution is 8.00. The average molecular weight is 293 g/mol. The summed E-state index contributed by atoms with van der Waals surface area (Å²) in [7, 11) is 0. The van der Waals surface area contributed by atoms with Crippen molar-refractivity contribution < 1.29 is 18.0 Å². The number of thioether (sulfide) groups is 1. The first kappa shape index (κ1) is 15.7. The van der Waals surface area contributed by atoms with E-state index >= 15 is 0 Å². The molecule has 1 heterocycles. The standard InChI is InChI=1S/C11H14F3N3OS/c1-6(2)16-9(18)7(3)19-10-15-5-4-8(17-10)11(12,13)14/h4-7H,1-3H3,(H,16,18)/t7-/m1/s1. The van der Waals surface area contributed by atoms with Gasteiger partial charge in [-0.3, -0.25) is 4.79 Å². The van der Waals surface area contributed by atoms with Gasteiger partial charge in [-0.05, 0) is 26.8 Å². The zero-order valence-electron chi connectivity index (χ0n) is 10.7. The molecule has 0 saturated heterocycles. The Kier molecular flexibility index (Phi) is 5.16. The van der Waals surface area contributed by atoms with Crippen LogP contribution in [0.3, 0.4) is 0 Å². The van der Waals surface area contributed by atoms with Gasteiger partial charge in [0.25, 0.3) is 0 Å². The molecule has 0 bridgehead atoms. The van der Waals surface area contributed by atoms with E-state index < -0.39 is 17.1 Å². The average Bonchev–Trinajstić information content (AvgIpc) is 2.27. The Bertz CT molecular complexity index is 451. The second-order valence-corrected chi connectivity index (χ2v) is 5.45. The normalized spacial score (nSPS) is 13.4. The van der Waals surface area contributed by atoms with Crippen LogP contribution in [0, 0.1) is 0 Å². The maximum absolute atomic E-state index is 12.5. The molecular weight excluding hydrogens is 279 g/mol. The van der Waals surface area contributed by atoms with Gasteiger partial charge < -0.3 is 5.32 Å². The first-order chi connectivity index (χ1) is 8.70. The number of hydrogen-bond acceptors (Lipinski definition) is 4. The Labute approximate surface area is 113 Å². The number of nitrogens with zero attached hydrogens (tertiary/aromatic N) is 2. The summed E-state index contributed by atoms with van der Waals surface area (Å²) in [5.74, 6) is -0.263. The zero-order valence-corrected chi connectivity index (χ0v) is 11.5. The fraction of sp³-hybridized carbons (Fsp3) is 0.545. The number of aromatic nitrogens is 2. The van der Waals surface area contributed by atoms with Crippen LogP contribution < -0.4 is 5.32 Å². The Morgan fingerprint density at radius 3 is 2.53 bits per heavy atom. The van der Waals surface area contributed by atoms with Gasteiger partial charge in [0.05, 0.1) is 5.25 Å². The van der Waals surface area contributed by atoms with Crippen LogP contribution in [0.1, 0.15) is 26.5 Å². The second-order valence-electron chi connectivity index (χ2n) is 4.15. The predicted molar refractivity (Wildman–Crippen MR) is 65.6 cm³/mol. The van der Waals surface area contributed by atoms with Crippen molar-refractivity contribution in [1.29, 1.82) is 0 Å². The highest BCUT2D eigenvalue weighted by Crippen LogP contribution is 2.29. The maximum atomic E-state index is 12.5. The van der Waals surface area contributed by atoms with E-state index in [1.54, 1.807) is 20.8 Å². The van der Waals surface area contributed by atoms with E-state index in [1.807, 2.05) is 0 Å². The number of nitrogens with one attached hydrogen (secondary N) is 1. The van der Waals surface area contributed by atoms with Crippen LogP contribution in [0.4, 0.5) is 13.2 Å². The number of alkyl halides is 3. The van der Waals surface area contributed by atoms with Crippen LogP contribution >= 0.6 is 11.8 Å². The molecule has 1 atom stereocenters. The van der Waals surface area contributed by atoms with E-state index in [1.165, 1.54) is 0 Å². The van der Waals surface area contributed by atoms with Gasteiger partial charge in [0.1, 0.15) is 5.69 Å². The lowest BCUT2D eigenvalue weighted by molar-refractivity contribution is -0.141. The van der Waals surface area contributed by atoms with Gasteiger partial charge in [-0.2, -0.15) is 13.2 Å². The van der Waals surface area contributed by atoms with Crippen molar-refractivity contribution in [3.05, 3.63) is 18.0 Å². The molecule has 0 spiro atoms. The Morgan fingerprint density at radius 1 is 1.37 bits per heavy atom. The van der Waals surface area contributed by atoms with E-state index in [0.717, 1.165) is 24.0 Å². The lowest BCUT2D eigenvalue weighted by atomic mass is 10.3. The van der Waals surface area contributed by atoms with E-state index in [2.05, 4.69) is 15.3 Å². The highest BCUT2D eigenvalue weighted by atomic mass is 32.2. The summed E-state index contributed by atoms with van der Waals surface area (Å²) < 4.78 is 37.4. The lowest BCUT2D eigenvalue weighted by Gasteiger charge is -2.13. The molecule has 0 aromatic carbocycles. The number of carbonyl (C=O) groups excluding carboxylic acids is 1. The molecule has 19 heavy (non-hydrogen) atoms. The Morgan fingerprint density at radius 2 is 2.00 bits per heavy atom. The molecule has 0 unspecified atom stereocenters. The van der Waals surface area contributed by atoms with Crippen LogP contribution in [-0.2, 0) is 11.0 Å². The van der Waals surface area contributed by atoms with Crippen molar-refractivity contribution in [1.82, 2.24) is 15.3 Å². The number of hydrogen-bond donors (Lipinski definition) is 1. The van der Waals surface area contributed by atoms with E-state index in [9.17, 15) is 18.0 Å². The summed E-state index contributed by atoms with van der Waals surface area (Å²) in [4.78, 5) is 18.7. The van der Waals surface area contributed by atoms with Crippen LogP contribution in [0.2, 0.25) is 0 Å². The number of amides is 1. The van der Waals surface area contributed by atoms with Crippen LogP contribution in [0.25, 0.3) is 0 Å². The topological polar surface area (TPSA) is 54.9 Å². The fourth-order valence-corrected chi connectivity index (χ4v) is 1.93. The SMILES string of the molecule is CC(C)NC(=O)[C@@H](C)Sc1nccc(C(F)(F)F)n1. The molecule has 106 valence electrons. The van der Waals surface area contributed by atoms with Gasteiger partial charge in [-0.15, -0.1) is 0 Å². The first-order valence-corrected chi connectivity index (χ1v) is 6.45. The van der Waals surface area contributed by atoms with Crippen molar-refractivity contribution in [3.8, 4) is 0 Å². The molecule has 0 aliphatic carbocycles. The molecule has 4 nitrogen and oxygen atoms in total. The summed E-state index contributed by atoms with van der Waals surface area (Å²) in [5, 5.41) is 2.04. The van der Waals surface area contributed by atoms with E-state index in [0.29, 0.717) is 0 Å². The molecule has 0 aliphatic heterocycles. The van der Waals surface area contributed by atoms with Crippen molar-refractivity contribution in [3.63, 3.8) is 0 Å². The molecule has 1 aromatic rings. The third-order valence-corrected chi connectivity index (χ3v) is 2.98. The number of carbonyl (C=O) groups is 1. The van der Waals surface area contributed by atoms with Gasteiger partial charge in [0, 0.05) is 12.2 Å². The molecular formula is C11H14F3N3OS. The predicted octanol–water partition coefficient (Wildman–Crippen LogP) is 2.50. The quantitative estimate of drug-likeness (QED) is 0.684. The monoisotopic (exact) mass is 293 g/mol. The lowest BCUT2D eigenvalue weighted by Crippen LogP contribution is -2.36. The molecule has 1 aromatic heterocycles. The molecule has 1 amide bonds. The minimum atomic E-state index is -4.51. The summed E-state index contributed by atoms with van der Waals surface area (Å²) in [6.45, 7) is 5.19. The van der Waals surface area contributed by atoms with Crippen LogP contribution in [0.15, 0.2) is 17.4 Å². The van der Waals surface area contributed by atoms with Crippen LogP contribution in [-0.4, -0.2) is 27.2 Å². The molecule has 0 saturated carbocycles. The van der Waals surface area contributed by atoms with Crippen molar-refractivity contribution in [2.45, 2.75) is 43.4 Å². The number of halogens is 3. The third-order valence-electron chi connectivity index (χ3n) is 2.01. The molecule has 1 rings (SSSR count). The summed E-state index contributed by atoms with van der Waals surface area (Å²) >= 11 is 0.890. The number of rotatable bonds is 4. The Balaban J connectivity index is 2.75. The molecule has 8 heteroatoms. The molecule has 0 radical (unpaired) electrons. The highest BCUT2D eigenvalue weighted by Gasteiger charge is 2.33. The second kappa shape index (κ2) is 6.23. The van der Waals surface area contributed by atoms with Crippen molar-refractivity contribution in [2.24, 2.45) is 0 Å². The smallest absolute Gasteiger partial charge is 0.353 e. The minimum absolute atomic E-state index is 0.0297. The van der Waals surface area contributed by atoms with E-state index in [-0.39, 0.29) is 17.1 Å². The maximum Gasteiger partial charge on any atom is 0.433 e. The fourth-order valence-electron chi connectivity index (χ4n) is 1.17. The summed E-state index contributed by atoms with van der Waals surface area (Å²) in [6, 6.07) is 0.765. The van der Waals surface area contributed by atoms with Gasteiger partial charge in [-0.1, -0.05) is 11.8 Å². The van der Waals surface area contributed by atoms with Gasteiger partial charge in [0.2, 0.25) is 5.91 Å². The van der Waals surface area contributed by atoms with Crippen LogP contribution in [0.5, 0.6) is 0 Å². The molecule has 0 aliphatic rings. The zero-order chi connectivity index (χ0) is 14.6. The van der Waals surface area contributed by atoms with Gasteiger partial charge >= 0.3 is 6.18 Å². The Hall–Kier alpha value is -1.31. The summed E-state index contributed by atoms with van der Waals surface area (Å²) in [6.07, 6.45) is -3.48. The van der Waals surface area contributed by atoms with Crippen molar-refractivity contribution >= 4 is 17.7 Å². The first-order valence-electron chi connectivity index (χ1n) is 5.57.